The summed E-state index contributed by atoms with van der Waals surface area (Å²) in [5, 5.41) is 18.4. The largest absolute Gasteiger partial charge is 0.472 e. The molecule has 0 aromatic carbocycles. The lowest BCUT2D eigenvalue weighted by Crippen LogP contribution is -2.29. The number of ether oxygens (including phenoxy) is 2. The Labute approximate surface area is 382 Å². The molecule has 3 N–H and O–H groups in total. The Hall–Kier alpha value is -1.03. The van der Waals surface area contributed by atoms with Gasteiger partial charge in [-0.05, 0) is 12.8 Å². The van der Waals surface area contributed by atoms with Crippen LogP contribution in [0.3, 0.4) is 0 Å². The van der Waals surface area contributed by atoms with Crippen molar-refractivity contribution in [1.82, 2.24) is 0 Å². The van der Waals surface area contributed by atoms with Crippen LogP contribution in [0.25, 0.3) is 0 Å². The second kappa shape index (κ2) is 47.9. The minimum atomic E-state index is -4.62. The highest BCUT2D eigenvalue weighted by Gasteiger charge is 2.27. The third kappa shape index (κ3) is 46.9. The number of carbonyl (C=O) groups is 2. The van der Waals surface area contributed by atoms with Crippen LogP contribution >= 0.6 is 7.82 Å². The average molecular weight is 905 g/mol. The fourth-order valence-electron chi connectivity index (χ4n) is 7.94. The van der Waals surface area contributed by atoms with Gasteiger partial charge in [-0.2, -0.15) is 0 Å². The van der Waals surface area contributed by atoms with Gasteiger partial charge in [-0.25, -0.2) is 4.57 Å². The molecule has 0 saturated carbocycles. The molecule has 0 saturated heterocycles. The van der Waals surface area contributed by atoms with Crippen LogP contribution in [0.2, 0.25) is 0 Å². The van der Waals surface area contributed by atoms with Crippen molar-refractivity contribution in [3.8, 4) is 0 Å². The second-order valence-electron chi connectivity index (χ2n) is 18.3. The van der Waals surface area contributed by atoms with E-state index in [4.69, 9.17) is 23.6 Å². The summed E-state index contributed by atoms with van der Waals surface area (Å²) in [6.45, 7) is 2.46. The molecule has 0 aromatic rings. The number of carbonyl (C=O) groups excluding carboxylic acids is 2. The van der Waals surface area contributed by atoms with Crippen molar-refractivity contribution in [3.05, 3.63) is 0 Å². The van der Waals surface area contributed by atoms with Gasteiger partial charge in [0, 0.05) is 12.8 Å². The lowest BCUT2D eigenvalue weighted by Gasteiger charge is -2.20. The Morgan fingerprint density at radius 3 is 1.00 bits per heavy atom. The van der Waals surface area contributed by atoms with Gasteiger partial charge in [0.2, 0.25) is 0 Å². The van der Waals surface area contributed by atoms with E-state index in [1.165, 1.54) is 205 Å². The van der Waals surface area contributed by atoms with E-state index in [0.717, 1.165) is 32.1 Å². The van der Waals surface area contributed by atoms with Crippen LogP contribution in [0.1, 0.15) is 277 Å². The van der Waals surface area contributed by atoms with E-state index in [1.54, 1.807) is 0 Å². The maximum Gasteiger partial charge on any atom is 0.472 e. The highest BCUT2D eigenvalue weighted by molar-refractivity contribution is 7.47. The molecular formula is C51H101O10P. The number of hydrogen-bond donors (Lipinski definition) is 3. The van der Waals surface area contributed by atoms with Crippen LogP contribution in [0.5, 0.6) is 0 Å². The van der Waals surface area contributed by atoms with Crippen LogP contribution in [0.15, 0.2) is 0 Å². The van der Waals surface area contributed by atoms with Gasteiger partial charge in [0.05, 0.1) is 19.8 Å². The highest BCUT2D eigenvalue weighted by Crippen LogP contribution is 2.43. The maximum atomic E-state index is 12.7. The average Bonchev–Trinajstić information content (AvgIpc) is 3.26. The second-order valence-corrected chi connectivity index (χ2v) is 19.7. The molecule has 3 atom stereocenters. The molecule has 0 fully saturated rings. The molecule has 370 valence electrons. The lowest BCUT2D eigenvalue weighted by molar-refractivity contribution is -0.161. The number of unbranched alkanes of at least 4 members (excludes halogenated alkanes) is 37. The van der Waals surface area contributed by atoms with E-state index in [1.807, 2.05) is 0 Å². The van der Waals surface area contributed by atoms with E-state index in [2.05, 4.69) is 13.8 Å². The Balaban J connectivity index is 4.10. The summed E-state index contributed by atoms with van der Waals surface area (Å²) < 4.78 is 32.9. The van der Waals surface area contributed by atoms with Crippen LogP contribution in [-0.4, -0.2) is 65.7 Å². The molecule has 0 radical (unpaired) electrons. The molecular weight excluding hydrogens is 804 g/mol. The summed E-state index contributed by atoms with van der Waals surface area (Å²) >= 11 is 0. The third-order valence-corrected chi connectivity index (χ3v) is 13.0. The molecule has 0 aliphatic rings. The zero-order valence-corrected chi connectivity index (χ0v) is 41.5. The Morgan fingerprint density at radius 1 is 0.419 bits per heavy atom. The normalized spacial score (nSPS) is 13.6. The molecule has 0 aliphatic carbocycles. The summed E-state index contributed by atoms with van der Waals surface area (Å²) in [6, 6.07) is 0. The number of rotatable bonds is 51. The molecule has 11 heteroatoms. The smallest absolute Gasteiger partial charge is 0.462 e. The summed E-state index contributed by atoms with van der Waals surface area (Å²) in [5.74, 6) is -0.901. The van der Waals surface area contributed by atoms with Gasteiger partial charge >= 0.3 is 19.8 Å². The number of hydrogen-bond acceptors (Lipinski definition) is 9. The molecule has 0 aromatic heterocycles. The molecule has 0 heterocycles. The van der Waals surface area contributed by atoms with Gasteiger partial charge in [-0.1, -0.05) is 251 Å². The van der Waals surface area contributed by atoms with Gasteiger partial charge in [-0.15, -0.1) is 0 Å². The first-order valence-electron chi connectivity index (χ1n) is 26.5. The fourth-order valence-corrected chi connectivity index (χ4v) is 8.73. The number of phosphoric acid groups is 1. The number of aliphatic hydroxyl groups is 2. The Kier molecular flexibility index (Phi) is 47.1. The van der Waals surface area contributed by atoms with Gasteiger partial charge in [0.15, 0.2) is 6.10 Å². The van der Waals surface area contributed by atoms with Crippen molar-refractivity contribution in [2.24, 2.45) is 0 Å². The molecule has 0 bridgehead atoms. The van der Waals surface area contributed by atoms with E-state index >= 15 is 0 Å². The topological polar surface area (TPSA) is 149 Å². The van der Waals surface area contributed by atoms with Crippen LogP contribution in [0, 0.1) is 0 Å². The van der Waals surface area contributed by atoms with Crippen LogP contribution in [-0.2, 0) is 32.7 Å². The summed E-state index contributed by atoms with van der Waals surface area (Å²) in [4.78, 5) is 35.2. The predicted octanol–water partition coefficient (Wildman–Crippen LogP) is 15.0. The zero-order chi connectivity index (χ0) is 45.5. The molecule has 62 heavy (non-hydrogen) atoms. The van der Waals surface area contributed by atoms with Crippen molar-refractivity contribution < 1.29 is 47.8 Å². The number of esters is 2. The molecule has 0 spiro atoms. The van der Waals surface area contributed by atoms with Gasteiger partial charge in [-0.3, -0.25) is 18.6 Å². The first-order valence-corrected chi connectivity index (χ1v) is 28.0. The van der Waals surface area contributed by atoms with E-state index in [9.17, 15) is 24.2 Å². The number of aliphatic hydroxyl groups excluding tert-OH is 2. The van der Waals surface area contributed by atoms with Crippen molar-refractivity contribution in [2.75, 3.05) is 26.4 Å². The van der Waals surface area contributed by atoms with Gasteiger partial charge < -0.3 is 24.6 Å². The minimum absolute atomic E-state index is 0.193. The minimum Gasteiger partial charge on any atom is -0.462 e. The Morgan fingerprint density at radius 2 is 0.694 bits per heavy atom. The first-order chi connectivity index (χ1) is 30.2. The van der Waals surface area contributed by atoms with Crippen LogP contribution < -0.4 is 0 Å². The standard InChI is InChI=1S/C51H101O10P/c1-3-5-7-9-11-13-15-17-19-21-22-23-24-25-27-29-31-33-35-37-39-41-43-51(55)61-49(47-60-62(56,57)59-45-48(53)44-52)46-58-50(54)42-40-38-36-34-32-30-28-26-20-18-16-14-12-10-8-6-4-2/h48-49,52-53H,3-47H2,1-2H3,(H,56,57)/t48-,49+/m0/s1. The van der Waals surface area contributed by atoms with Crippen molar-refractivity contribution >= 4 is 19.8 Å². The molecule has 0 amide bonds. The van der Waals surface area contributed by atoms with Crippen molar-refractivity contribution in [2.45, 2.75) is 289 Å². The third-order valence-electron chi connectivity index (χ3n) is 12.0. The Bertz CT molecular complexity index is 998. The van der Waals surface area contributed by atoms with Crippen molar-refractivity contribution in [3.63, 3.8) is 0 Å². The molecule has 0 aliphatic heterocycles. The summed E-state index contributed by atoms with van der Waals surface area (Å²) in [6.07, 6.45) is 47.9. The fraction of sp³-hybridized carbons (Fsp3) is 0.961. The lowest BCUT2D eigenvalue weighted by atomic mass is 10.0. The summed E-state index contributed by atoms with van der Waals surface area (Å²) in [7, 11) is -4.62. The molecule has 0 rings (SSSR count). The summed E-state index contributed by atoms with van der Waals surface area (Å²) in [5.41, 5.74) is 0. The number of phosphoric ester groups is 1. The van der Waals surface area contributed by atoms with Gasteiger partial charge in [0.25, 0.3) is 0 Å². The molecule has 10 nitrogen and oxygen atoms in total. The van der Waals surface area contributed by atoms with Gasteiger partial charge in [0.1, 0.15) is 12.7 Å². The maximum absolute atomic E-state index is 12.7. The van der Waals surface area contributed by atoms with Crippen molar-refractivity contribution in [1.29, 1.82) is 0 Å². The van der Waals surface area contributed by atoms with E-state index in [0.29, 0.717) is 12.8 Å². The van der Waals surface area contributed by atoms with E-state index < -0.39 is 51.8 Å². The highest BCUT2D eigenvalue weighted by atomic mass is 31.2. The zero-order valence-electron chi connectivity index (χ0n) is 40.6. The van der Waals surface area contributed by atoms with Crippen LogP contribution in [0.4, 0.5) is 0 Å². The molecule has 1 unspecified atom stereocenters. The first kappa shape index (κ1) is 61.0. The van der Waals surface area contributed by atoms with E-state index in [-0.39, 0.29) is 19.4 Å². The monoisotopic (exact) mass is 905 g/mol. The predicted molar refractivity (Wildman–Crippen MR) is 256 cm³/mol. The SMILES string of the molecule is CCCCCCCCCCCCCCCCCCCCCCCCC(=O)O[C@H](COC(=O)CCCCCCCCCCCCCCCCCCC)COP(=O)(O)OC[C@@H](O)CO. The quantitative estimate of drug-likeness (QED) is 0.0306.